The Bertz CT molecular complexity index is 1200. The third kappa shape index (κ3) is 3.96. The van der Waals surface area contributed by atoms with Crippen molar-refractivity contribution in [2.75, 3.05) is 5.32 Å². The molecule has 0 saturated carbocycles. The quantitative estimate of drug-likeness (QED) is 0.558. The number of pyridine rings is 1. The summed E-state index contributed by atoms with van der Waals surface area (Å²) in [5.74, 6) is -0.810. The molecule has 2 aromatic carbocycles. The molecule has 1 aliphatic rings. The van der Waals surface area contributed by atoms with Gasteiger partial charge in [-0.1, -0.05) is 42.5 Å². The number of amides is 1. The highest BCUT2D eigenvalue weighted by Gasteiger charge is 2.28. The molecule has 142 valence electrons. The van der Waals surface area contributed by atoms with Crippen LogP contribution in [0.4, 0.5) is 5.69 Å². The molecule has 0 saturated heterocycles. The Morgan fingerprint density at radius 2 is 1.52 bits per heavy atom. The zero-order valence-electron chi connectivity index (χ0n) is 15.7. The number of benzene rings is 2. The van der Waals surface area contributed by atoms with Crippen molar-refractivity contribution in [3.63, 3.8) is 0 Å². The number of ketones is 1. The zero-order valence-corrected chi connectivity index (χ0v) is 15.7. The minimum atomic E-state index is -0.477. The number of nitrogens with zero attached hydrogens (tertiary/aromatic N) is 3. The molecule has 0 aliphatic heterocycles. The Labute approximate surface area is 167 Å². The molecule has 0 bridgehead atoms. The third-order valence-corrected chi connectivity index (χ3v) is 4.48. The Hall–Kier alpha value is -4.06. The monoisotopic (exact) mass is 382 g/mol. The number of fused-ring (bicyclic) bond motifs is 1. The number of hydrogen-bond donors (Lipinski definition) is 1. The number of carbonyl (C=O) groups is 2. The van der Waals surface area contributed by atoms with Crippen molar-refractivity contribution < 1.29 is 9.59 Å². The number of Topliss-reactive ketones (excluding diaryl/α,β-unsaturated/α-hetero) is 1. The summed E-state index contributed by atoms with van der Waals surface area (Å²) in [6.45, 7) is 0. The molecule has 0 spiro atoms. The lowest BCUT2D eigenvalue weighted by molar-refractivity contribution is -0.112. The van der Waals surface area contributed by atoms with Gasteiger partial charge in [0.05, 0.1) is 16.6 Å². The highest BCUT2D eigenvalue weighted by Crippen LogP contribution is 2.23. The van der Waals surface area contributed by atoms with Gasteiger partial charge < -0.3 is 9.88 Å². The fraction of sp³-hybridized carbons (Fsp3) is 0.0435. The molecule has 0 fully saturated rings. The molecule has 1 heterocycles. The van der Waals surface area contributed by atoms with E-state index in [2.05, 4.69) is 15.5 Å². The number of nitrogens with one attached hydrogen (secondary N) is 1. The average molecular weight is 382 g/mol. The van der Waals surface area contributed by atoms with Crippen molar-refractivity contribution in [3.8, 4) is 0 Å². The van der Waals surface area contributed by atoms with E-state index in [4.69, 9.17) is 0 Å². The number of rotatable bonds is 3. The Morgan fingerprint density at radius 3 is 2.24 bits per heavy atom. The van der Waals surface area contributed by atoms with Crippen LogP contribution < -0.4 is 10.7 Å². The maximum atomic E-state index is 12.9. The number of carbonyl (C=O) groups excluding carboxylic acids is 2. The summed E-state index contributed by atoms with van der Waals surface area (Å²) in [5, 5.41) is 12.0. The van der Waals surface area contributed by atoms with Crippen LogP contribution in [-0.2, 0) is 11.8 Å². The van der Waals surface area contributed by atoms with E-state index in [-0.39, 0.29) is 11.4 Å². The Kier molecular flexibility index (Phi) is 4.99. The van der Waals surface area contributed by atoms with E-state index in [9.17, 15) is 9.59 Å². The first-order chi connectivity index (χ1) is 14.1. The SMILES string of the molecule is Cn1ccc(=N/N=C2/C=C(C(=O)Nc3ccccc3)C(=O)c3ccccc32)cc1. The smallest absolute Gasteiger partial charge is 0.259 e. The van der Waals surface area contributed by atoms with Gasteiger partial charge in [-0.2, -0.15) is 5.10 Å². The molecular weight excluding hydrogens is 364 g/mol. The average Bonchev–Trinajstić information content (AvgIpc) is 2.75. The van der Waals surface area contributed by atoms with E-state index in [1.165, 1.54) is 6.08 Å². The Balaban J connectivity index is 1.75. The number of allylic oxidation sites excluding steroid dienone is 1. The number of hydrogen-bond acceptors (Lipinski definition) is 4. The summed E-state index contributed by atoms with van der Waals surface area (Å²) >= 11 is 0. The second-order valence-electron chi connectivity index (χ2n) is 6.56. The summed E-state index contributed by atoms with van der Waals surface area (Å²) in [7, 11) is 1.92. The van der Waals surface area contributed by atoms with Crippen molar-refractivity contribution in [1.82, 2.24) is 4.57 Å². The lowest BCUT2D eigenvalue weighted by Gasteiger charge is -2.16. The minimum Gasteiger partial charge on any atom is -0.357 e. The molecule has 0 atom stereocenters. The lowest BCUT2D eigenvalue weighted by atomic mass is 9.88. The van der Waals surface area contributed by atoms with Gasteiger partial charge in [0, 0.05) is 36.3 Å². The van der Waals surface area contributed by atoms with Crippen LogP contribution in [0.25, 0.3) is 0 Å². The van der Waals surface area contributed by atoms with Crippen LogP contribution in [0.5, 0.6) is 0 Å². The van der Waals surface area contributed by atoms with Gasteiger partial charge >= 0.3 is 0 Å². The summed E-state index contributed by atoms with van der Waals surface area (Å²) in [6, 6.07) is 19.8. The molecule has 1 N–H and O–H groups in total. The first-order valence-electron chi connectivity index (χ1n) is 9.08. The van der Waals surface area contributed by atoms with Gasteiger partial charge in [-0.05, 0) is 30.3 Å². The first-order valence-corrected chi connectivity index (χ1v) is 9.08. The Morgan fingerprint density at radius 1 is 0.862 bits per heavy atom. The van der Waals surface area contributed by atoms with Crippen molar-refractivity contribution in [2.24, 2.45) is 17.3 Å². The van der Waals surface area contributed by atoms with Gasteiger partial charge in [-0.3, -0.25) is 9.59 Å². The van der Waals surface area contributed by atoms with Crippen LogP contribution in [-0.4, -0.2) is 22.0 Å². The van der Waals surface area contributed by atoms with Gasteiger partial charge in [0.15, 0.2) is 5.78 Å². The fourth-order valence-corrected chi connectivity index (χ4v) is 2.97. The maximum absolute atomic E-state index is 12.9. The van der Waals surface area contributed by atoms with Crippen LogP contribution in [0.3, 0.4) is 0 Å². The minimum absolute atomic E-state index is 0.0287. The van der Waals surface area contributed by atoms with E-state index in [0.29, 0.717) is 27.9 Å². The summed E-state index contributed by atoms with van der Waals surface area (Å²) in [6.07, 6.45) is 5.23. The molecule has 1 aromatic heterocycles. The summed E-state index contributed by atoms with van der Waals surface area (Å²) in [5.41, 5.74) is 2.19. The third-order valence-electron chi connectivity index (χ3n) is 4.48. The summed E-state index contributed by atoms with van der Waals surface area (Å²) in [4.78, 5) is 25.6. The van der Waals surface area contributed by atoms with Crippen molar-refractivity contribution in [1.29, 1.82) is 0 Å². The molecule has 6 nitrogen and oxygen atoms in total. The number of aromatic nitrogens is 1. The molecule has 4 rings (SSSR count). The molecule has 0 radical (unpaired) electrons. The molecular formula is C23H18N4O2. The summed E-state index contributed by atoms with van der Waals surface area (Å²) < 4.78 is 1.90. The van der Waals surface area contributed by atoms with Crippen molar-refractivity contribution >= 4 is 23.1 Å². The van der Waals surface area contributed by atoms with E-state index in [0.717, 1.165) is 0 Å². The molecule has 1 amide bonds. The fourth-order valence-electron chi connectivity index (χ4n) is 2.97. The number of para-hydroxylation sites is 1. The molecule has 29 heavy (non-hydrogen) atoms. The second kappa shape index (κ2) is 7.90. The van der Waals surface area contributed by atoms with Crippen LogP contribution in [0.15, 0.2) is 101 Å². The van der Waals surface area contributed by atoms with Crippen molar-refractivity contribution in [3.05, 3.63) is 107 Å². The van der Waals surface area contributed by atoms with E-state index >= 15 is 0 Å². The van der Waals surface area contributed by atoms with Gasteiger partial charge in [0.2, 0.25) is 0 Å². The van der Waals surface area contributed by atoms with Gasteiger partial charge in [-0.15, -0.1) is 5.10 Å². The van der Waals surface area contributed by atoms with E-state index in [1.54, 1.807) is 30.3 Å². The van der Waals surface area contributed by atoms with Gasteiger partial charge in [-0.25, -0.2) is 0 Å². The zero-order chi connectivity index (χ0) is 20.2. The highest BCUT2D eigenvalue weighted by atomic mass is 16.2. The van der Waals surface area contributed by atoms with Crippen LogP contribution >= 0.6 is 0 Å². The number of aryl methyl sites for hydroxylation is 1. The molecule has 0 unspecified atom stereocenters. The van der Waals surface area contributed by atoms with Crippen LogP contribution in [0.1, 0.15) is 15.9 Å². The first kappa shape index (κ1) is 18.3. The molecule has 3 aromatic rings. The number of anilines is 1. The van der Waals surface area contributed by atoms with Gasteiger partial charge in [0.25, 0.3) is 5.91 Å². The topological polar surface area (TPSA) is 75.8 Å². The predicted molar refractivity (Wildman–Crippen MR) is 111 cm³/mol. The highest BCUT2D eigenvalue weighted by molar-refractivity contribution is 6.37. The van der Waals surface area contributed by atoms with Crippen LogP contribution in [0, 0.1) is 0 Å². The normalized spacial score (nSPS) is 14.2. The molecule has 1 aliphatic carbocycles. The van der Waals surface area contributed by atoms with E-state index in [1.807, 2.05) is 60.4 Å². The van der Waals surface area contributed by atoms with E-state index < -0.39 is 5.91 Å². The second-order valence-corrected chi connectivity index (χ2v) is 6.56. The molecule has 6 heteroatoms. The lowest BCUT2D eigenvalue weighted by Crippen LogP contribution is -2.26. The largest absolute Gasteiger partial charge is 0.357 e. The van der Waals surface area contributed by atoms with Crippen LogP contribution in [0.2, 0.25) is 0 Å². The standard InChI is InChI=1S/C23H18N4O2/c1-27-13-11-17(12-14-27)25-26-21-15-20(22(28)19-10-6-5-9-18(19)21)23(29)24-16-7-3-2-4-8-16/h2-15H,1H3,(H,24,29)/b26-21-. The van der Waals surface area contributed by atoms with Gasteiger partial charge in [0.1, 0.15) is 0 Å². The predicted octanol–water partition coefficient (Wildman–Crippen LogP) is 3.09. The maximum Gasteiger partial charge on any atom is 0.259 e. The van der Waals surface area contributed by atoms with Crippen molar-refractivity contribution in [2.45, 2.75) is 0 Å².